The monoisotopic (exact) mass is 324 g/mol. The van der Waals surface area contributed by atoms with Crippen molar-refractivity contribution in [1.82, 2.24) is 4.90 Å². The van der Waals surface area contributed by atoms with Crippen LogP contribution < -0.4 is 4.90 Å². The summed E-state index contributed by atoms with van der Waals surface area (Å²) < 4.78 is 0. The van der Waals surface area contributed by atoms with Crippen LogP contribution in [0, 0.1) is 0 Å². The first-order valence-corrected chi connectivity index (χ1v) is 7.59. The van der Waals surface area contributed by atoms with Gasteiger partial charge in [-0.2, -0.15) is 0 Å². The van der Waals surface area contributed by atoms with E-state index in [9.17, 15) is 9.59 Å². The van der Waals surface area contributed by atoms with Crippen molar-refractivity contribution in [2.24, 2.45) is 0 Å². The van der Waals surface area contributed by atoms with Crippen molar-refractivity contribution in [3.63, 3.8) is 0 Å². The van der Waals surface area contributed by atoms with E-state index in [4.69, 9.17) is 0 Å². The number of hydrogen-bond acceptors (Lipinski definition) is 4. The van der Waals surface area contributed by atoms with Crippen molar-refractivity contribution < 1.29 is 9.59 Å². The van der Waals surface area contributed by atoms with E-state index in [1.807, 2.05) is 93.8 Å². The Morgan fingerprint density at radius 1 is 0.792 bits per heavy atom. The van der Waals surface area contributed by atoms with Crippen LogP contribution in [-0.2, 0) is 4.79 Å². The first-order chi connectivity index (χ1) is 11.5. The van der Waals surface area contributed by atoms with Gasteiger partial charge in [0.25, 0.3) is 0 Å². The summed E-state index contributed by atoms with van der Waals surface area (Å²) in [5.41, 5.74) is 3.54. The predicted molar refractivity (Wildman–Crippen MR) is 100 cm³/mol. The molecule has 4 heteroatoms. The Bertz CT molecular complexity index is 660. The molecule has 0 radical (unpaired) electrons. The van der Waals surface area contributed by atoms with Crippen molar-refractivity contribution >= 4 is 24.3 Å². The van der Waals surface area contributed by atoms with Crippen molar-refractivity contribution in [3.8, 4) is 0 Å². The molecule has 24 heavy (non-hydrogen) atoms. The second-order valence-electron chi connectivity index (χ2n) is 5.60. The largest absolute Gasteiger partial charge is 0.378 e. The molecule has 0 saturated heterocycles. The fraction of sp³-hybridized carbons (Fsp3) is 0.200. The van der Waals surface area contributed by atoms with Crippen LogP contribution in [0.5, 0.6) is 0 Å². The molecule has 2 aromatic rings. The quantitative estimate of drug-likeness (QED) is 0.625. The highest BCUT2D eigenvalue weighted by Crippen LogP contribution is 2.10. The molecule has 4 nitrogen and oxygen atoms in total. The Morgan fingerprint density at radius 2 is 1.38 bits per heavy atom. The molecule has 2 rings (SSSR count). The molecule has 0 aliphatic heterocycles. The number of benzene rings is 2. The van der Waals surface area contributed by atoms with Gasteiger partial charge in [-0.25, -0.2) is 0 Å². The van der Waals surface area contributed by atoms with Gasteiger partial charge in [0.1, 0.15) is 6.29 Å². The normalized spacial score (nSPS) is 10.2. The van der Waals surface area contributed by atoms with Gasteiger partial charge in [0, 0.05) is 39.4 Å². The van der Waals surface area contributed by atoms with Gasteiger partial charge in [0.2, 0.25) is 0 Å². The zero-order chi connectivity index (χ0) is 17.9. The third kappa shape index (κ3) is 6.48. The molecule has 0 saturated carbocycles. The van der Waals surface area contributed by atoms with Gasteiger partial charge in [0.15, 0.2) is 6.29 Å². The van der Waals surface area contributed by atoms with Gasteiger partial charge in [-0.15, -0.1) is 0 Å². The standard InChI is InChI=1S/C11H13NO.C9H11NO/c1-12(2)11(9-13)8-10-6-4-3-5-7-10;1-10(2)9-5-3-8(7-11)4-6-9/h3-9H,1-2H3;3-7H,1-2H3. The van der Waals surface area contributed by atoms with Crippen LogP contribution in [0.25, 0.3) is 6.08 Å². The van der Waals surface area contributed by atoms with Gasteiger partial charge in [-0.3, -0.25) is 9.59 Å². The number of carbonyl (C=O) groups excluding carboxylic acids is 2. The summed E-state index contributed by atoms with van der Waals surface area (Å²) in [5, 5.41) is 0. The fourth-order valence-corrected chi connectivity index (χ4v) is 1.84. The highest BCUT2D eigenvalue weighted by atomic mass is 16.1. The van der Waals surface area contributed by atoms with E-state index in [1.54, 1.807) is 4.90 Å². The lowest BCUT2D eigenvalue weighted by molar-refractivity contribution is -0.105. The SMILES string of the molecule is CN(C)C(C=O)=Cc1ccccc1.CN(C)c1ccc(C=O)cc1. The molecule has 0 aliphatic rings. The summed E-state index contributed by atoms with van der Waals surface area (Å²) in [6, 6.07) is 17.2. The van der Waals surface area contributed by atoms with Crippen LogP contribution in [0.2, 0.25) is 0 Å². The topological polar surface area (TPSA) is 40.6 Å². The van der Waals surface area contributed by atoms with Gasteiger partial charge in [0.05, 0.1) is 5.70 Å². The van der Waals surface area contributed by atoms with Crippen LogP contribution in [0.1, 0.15) is 15.9 Å². The zero-order valence-corrected chi connectivity index (χ0v) is 14.6. The van der Waals surface area contributed by atoms with E-state index in [-0.39, 0.29) is 0 Å². The minimum atomic E-state index is 0.672. The van der Waals surface area contributed by atoms with Crippen molar-refractivity contribution in [2.45, 2.75) is 0 Å². The molecule has 0 N–H and O–H groups in total. The summed E-state index contributed by atoms with van der Waals surface area (Å²) in [7, 11) is 7.64. The second-order valence-corrected chi connectivity index (χ2v) is 5.60. The third-order valence-corrected chi connectivity index (χ3v) is 3.30. The molecule has 0 bridgehead atoms. The molecule has 2 aromatic carbocycles. The molecule has 126 valence electrons. The average Bonchev–Trinajstić information content (AvgIpc) is 2.61. The predicted octanol–water partition coefficient (Wildman–Crippen LogP) is 3.35. The average molecular weight is 324 g/mol. The van der Waals surface area contributed by atoms with Crippen molar-refractivity contribution in [3.05, 3.63) is 71.4 Å². The first-order valence-electron chi connectivity index (χ1n) is 7.59. The number of allylic oxidation sites excluding steroid dienone is 1. The molecule has 0 aromatic heterocycles. The van der Waals surface area contributed by atoms with Gasteiger partial charge in [-0.05, 0) is 35.9 Å². The van der Waals surface area contributed by atoms with E-state index in [2.05, 4.69) is 0 Å². The number of likely N-dealkylation sites (N-methyl/N-ethyl adjacent to an activating group) is 1. The Balaban J connectivity index is 0.000000243. The maximum Gasteiger partial charge on any atom is 0.166 e. The number of hydrogen-bond donors (Lipinski definition) is 0. The van der Waals surface area contributed by atoms with Gasteiger partial charge in [-0.1, -0.05) is 30.3 Å². The lowest BCUT2D eigenvalue weighted by Gasteiger charge is -2.11. The Kier molecular flexibility index (Phi) is 7.99. The molecule has 0 amide bonds. The van der Waals surface area contributed by atoms with Crippen molar-refractivity contribution in [2.75, 3.05) is 33.1 Å². The van der Waals surface area contributed by atoms with E-state index >= 15 is 0 Å². The minimum Gasteiger partial charge on any atom is -0.378 e. The smallest absolute Gasteiger partial charge is 0.166 e. The highest BCUT2D eigenvalue weighted by Gasteiger charge is 1.96. The summed E-state index contributed by atoms with van der Waals surface area (Å²) in [5.74, 6) is 0. The molecular formula is C20H24N2O2. The third-order valence-electron chi connectivity index (χ3n) is 3.30. The molecule has 0 heterocycles. The number of carbonyl (C=O) groups is 2. The molecule has 0 atom stereocenters. The minimum absolute atomic E-state index is 0.672. The van der Waals surface area contributed by atoms with Crippen LogP contribution in [-0.4, -0.2) is 45.7 Å². The Hall–Kier alpha value is -2.88. The molecule has 0 fully saturated rings. The molecule has 0 spiro atoms. The van der Waals surface area contributed by atoms with E-state index in [0.29, 0.717) is 5.70 Å². The highest BCUT2D eigenvalue weighted by molar-refractivity contribution is 5.80. The molecule has 0 unspecified atom stereocenters. The fourth-order valence-electron chi connectivity index (χ4n) is 1.84. The number of nitrogens with zero attached hydrogens (tertiary/aromatic N) is 2. The van der Waals surface area contributed by atoms with E-state index < -0.39 is 0 Å². The van der Waals surface area contributed by atoms with Crippen LogP contribution in [0.4, 0.5) is 5.69 Å². The van der Waals surface area contributed by atoms with Crippen LogP contribution in [0.15, 0.2) is 60.3 Å². The molecular weight excluding hydrogens is 300 g/mol. The lowest BCUT2D eigenvalue weighted by Crippen LogP contribution is -2.11. The van der Waals surface area contributed by atoms with Crippen LogP contribution >= 0.6 is 0 Å². The Labute approximate surface area is 144 Å². The van der Waals surface area contributed by atoms with Crippen molar-refractivity contribution in [1.29, 1.82) is 0 Å². The van der Waals surface area contributed by atoms with E-state index in [1.165, 1.54) is 0 Å². The summed E-state index contributed by atoms with van der Waals surface area (Å²) in [6.45, 7) is 0. The van der Waals surface area contributed by atoms with E-state index in [0.717, 1.165) is 29.4 Å². The number of anilines is 1. The summed E-state index contributed by atoms with van der Waals surface area (Å²) in [4.78, 5) is 24.7. The maximum absolute atomic E-state index is 10.6. The molecule has 0 aliphatic carbocycles. The number of aldehydes is 2. The zero-order valence-electron chi connectivity index (χ0n) is 14.6. The Morgan fingerprint density at radius 3 is 1.79 bits per heavy atom. The summed E-state index contributed by atoms with van der Waals surface area (Å²) >= 11 is 0. The second kappa shape index (κ2) is 10.0. The van der Waals surface area contributed by atoms with Crippen LogP contribution in [0.3, 0.4) is 0 Å². The maximum atomic E-state index is 10.6. The van der Waals surface area contributed by atoms with Gasteiger partial charge >= 0.3 is 0 Å². The van der Waals surface area contributed by atoms with Gasteiger partial charge < -0.3 is 9.80 Å². The number of rotatable bonds is 5. The first kappa shape index (κ1) is 19.2. The lowest BCUT2D eigenvalue weighted by atomic mass is 10.2. The summed E-state index contributed by atoms with van der Waals surface area (Å²) in [6.07, 6.45) is 3.56.